The quantitative estimate of drug-likeness (QED) is 0.215. The Balaban J connectivity index is 1.85. The lowest BCUT2D eigenvalue weighted by atomic mass is 9.70. The Kier molecular flexibility index (Phi) is 8.43. The van der Waals surface area contributed by atoms with Crippen LogP contribution in [0.25, 0.3) is 0 Å². The van der Waals surface area contributed by atoms with E-state index < -0.39 is 29.6 Å². The number of nitrogens with one attached hydrogen (secondary N) is 1. The number of rotatable bonds is 10. The summed E-state index contributed by atoms with van der Waals surface area (Å²) in [5, 5.41) is 7.70. The highest BCUT2D eigenvalue weighted by Gasteiger charge is 2.38. The number of nitrogens with zero attached hydrogens (tertiary/aromatic N) is 2. The summed E-state index contributed by atoms with van der Waals surface area (Å²) in [6.07, 6.45) is -7.75. The largest absolute Gasteiger partial charge is 0.573 e. The van der Waals surface area contributed by atoms with Crippen molar-refractivity contribution in [3.05, 3.63) is 113 Å². The van der Waals surface area contributed by atoms with Crippen molar-refractivity contribution < 1.29 is 35.8 Å². The highest BCUT2D eigenvalue weighted by Crippen LogP contribution is 2.40. The van der Waals surface area contributed by atoms with E-state index >= 15 is 0 Å². The fourth-order valence-electron chi connectivity index (χ4n) is 4.80. The molecule has 0 fully saturated rings. The third-order valence-corrected chi connectivity index (χ3v) is 6.45. The molecule has 0 aliphatic heterocycles. The summed E-state index contributed by atoms with van der Waals surface area (Å²) in [7, 11) is 1.79. The summed E-state index contributed by atoms with van der Waals surface area (Å²) in [5.41, 5.74) is 2.22. The molecule has 0 atom stereocenters. The number of aryl methyl sites for hydroxylation is 2. The minimum Gasteiger partial charge on any atom is -0.406 e. The first-order valence-electron chi connectivity index (χ1n) is 12.3. The third kappa shape index (κ3) is 7.56. The van der Waals surface area contributed by atoms with Crippen LogP contribution in [0, 0.1) is 6.92 Å². The van der Waals surface area contributed by atoms with Crippen molar-refractivity contribution in [1.29, 1.82) is 0 Å². The van der Waals surface area contributed by atoms with E-state index in [1.807, 2.05) is 43.5 Å². The SMILES string of the molecule is Cc1nn(C)cc1CNCC(Cc1ccccc1)(c1cccc(OC(F)(F)F)c1)c1cccc(OC(F)(F)F)c1. The van der Waals surface area contributed by atoms with E-state index in [0.29, 0.717) is 17.7 Å². The second-order valence-corrected chi connectivity index (χ2v) is 9.41. The molecule has 3 aromatic carbocycles. The molecule has 0 amide bonds. The molecule has 4 aromatic rings. The molecule has 0 spiro atoms. The zero-order chi connectivity index (χ0) is 29.0. The average Bonchev–Trinajstić information content (AvgIpc) is 3.18. The fraction of sp³-hybridized carbons (Fsp3) is 0.276. The van der Waals surface area contributed by atoms with Crippen molar-refractivity contribution in [3.63, 3.8) is 0 Å². The van der Waals surface area contributed by atoms with Crippen molar-refractivity contribution in [2.45, 2.75) is 38.0 Å². The third-order valence-electron chi connectivity index (χ3n) is 6.45. The molecule has 0 radical (unpaired) electrons. The Morgan fingerprint density at radius 2 is 1.32 bits per heavy atom. The van der Waals surface area contributed by atoms with Crippen LogP contribution in [0.5, 0.6) is 11.5 Å². The molecule has 0 bridgehead atoms. The zero-order valence-electron chi connectivity index (χ0n) is 21.7. The van der Waals surface area contributed by atoms with Gasteiger partial charge in [-0.2, -0.15) is 5.10 Å². The summed E-state index contributed by atoms with van der Waals surface area (Å²) in [4.78, 5) is 0. The first kappa shape index (κ1) is 29.0. The summed E-state index contributed by atoms with van der Waals surface area (Å²) in [6.45, 7) is 2.37. The van der Waals surface area contributed by atoms with E-state index in [4.69, 9.17) is 0 Å². The van der Waals surface area contributed by atoms with Gasteiger partial charge in [0.15, 0.2) is 0 Å². The van der Waals surface area contributed by atoms with Crippen LogP contribution < -0.4 is 14.8 Å². The van der Waals surface area contributed by atoms with Crippen LogP contribution >= 0.6 is 0 Å². The lowest BCUT2D eigenvalue weighted by molar-refractivity contribution is -0.275. The number of benzene rings is 3. The maximum absolute atomic E-state index is 13.1. The summed E-state index contributed by atoms with van der Waals surface area (Å²) in [6, 6.07) is 20.2. The molecule has 4 rings (SSSR count). The predicted octanol–water partition coefficient (Wildman–Crippen LogP) is 6.84. The van der Waals surface area contributed by atoms with Crippen molar-refractivity contribution in [2.75, 3.05) is 6.54 Å². The van der Waals surface area contributed by atoms with Gasteiger partial charge in [0.2, 0.25) is 0 Å². The van der Waals surface area contributed by atoms with Gasteiger partial charge in [0.1, 0.15) is 11.5 Å². The molecule has 1 aromatic heterocycles. The van der Waals surface area contributed by atoms with Gasteiger partial charge in [-0.1, -0.05) is 54.6 Å². The molecule has 0 aliphatic rings. The minimum atomic E-state index is -4.92. The number of ether oxygens (including phenoxy) is 2. The van der Waals surface area contributed by atoms with E-state index in [-0.39, 0.29) is 13.0 Å². The van der Waals surface area contributed by atoms with Gasteiger partial charge in [0.25, 0.3) is 0 Å². The Bertz CT molecular complexity index is 1360. The topological polar surface area (TPSA) is 48.3 Å². The Labute approximate surface area is 227 Å². The highest BCUT2D eigenvalue weighted by molar-refractivity contribution is 5.47. The van der Waals surface area contributed by atoms with Gasteiger partial charge in [0, 0.05) is 37.3 Å². The van der Waals surface area contributed by atoms with Gasteiger partial charge in [0.05, 0.1) is 5.69 Å². The van der Waals surface area contributed by atoms with E-state index in [1.165, 1.54) is 36.4 Å². The molecule has 0 aliphatic carbocycles. The first-order valence-corrected chi connectivity index (χ1v) is 12.3. The summed E-state index contributed by atoms with van der Waals surface area (Å²) >= 11 is 0. The zero-order valence-corrected chi connectivity index (χ0v) is 21.7. The second kappa shape index (κ2) is 11.6. The lowest BCUT2D eigenvalue weighted by Gasteiger charge is -2.36. The van der Waals surface area contributed by atoms with E-state index in [9.17, 15) is 26.3 Å². The number of hydrogen-bond donors (Lipinski definition) is 1. The van der Waals surface area contributed by atoms with Crippen LogP contribution in [0.1, 0.15) is 27.9 Å². The van der Waals surface area contributed by atoms with Gasteiger partial charge in [-0.05, 0) is 54.3 Å². The smallest absolute Gasteiger partial charge is 0.406 e. The van der Waals surface area contributed by atoms with E-state index in [2.05, 4.69) is 19.9 Å². The first-order chi connectivity index (χ1) is 18.8. The summed E-state index contributed by atoms with van der Waals surface area (Å²) in [5.74, 6) is -0.874. The Morgan fingerprint density at radius 1 is 0.775 bits per heavy atom. The van der Waals surface area contributed by atoms with Crippen molar-refractivity contribution >= 4 is 0 Å². The molecule has 0 saturated heterocycles. The van der Waals surface area contributed by atoms with Gasteiger partial charge < -0.3 is 14.8 Å². The average molecular weight is 564 g/mol. The van der Waals surface area contributed by atoms with Gasteiger partial charge in [-0.15, -0.1) is 26.3 Å². The van der Waals surface area contributed by atoms with Crippen LogP contribution in [-0.2, 0) is 25.4 Å². The normalized spacial score (nSPS) is 12.4. The molecule has 40 heavy (non-hydrogen) atoms. The van der Waals surface area contributed by atoms with Crippen LogP contribution in [0.3, 0.4) is 0 Å². The Hall–Kier alpha value is -3.99. The molecule has 11 heteroatoms. The van der Waals surface area contributed by atoms with E-state index in [0.717, 1.165) is 16.8 Å². The second-order valence-electron chi connectivity index (χ2n) is 9.41. The number of hydrogen-bond acceptors (Lipinski definition) is 4. The number of aromatic nitrogens is 2. The number of alkyl halides is 6. The fourth-order valence-corrected chi connectivity index (χ4v) is 4.80. The Morgan fingerprint density at radius 3 is 1.80 bits per heavy atom. The monoisotopic (exact) mass is 563 g/mol. The maximum Gasteiger partial charge on any atom is 0.573 e. The van der Waals surface area contributed by atoms with Crippen LogP contribution in [0.15, 0.2) is 85.1 Å². The molecule has 1 N–H and O–H groups in total. The van der Waals surface area contributed by atoms with Crippen molar-refractivity contribution in [1.82, 2.24) is 15.1 Å². The molecular formula is C29H27F6N3O2. The van der Waals surface area contributed by atoms with E-state index in [1.54, 1.807) is 23.9 Å². The molecule has 0 unspecified atom stereocenters. The molecular weight excluding hydrogens is 536 g/mol. The standard InChI is InChI=1S/C29H27F6N3O2/c1-20-22(18-38(2)37-20)17-36-19-27(16-21-8-4-3-5-9-21,23-10-6-12-25(14-23)39-28(30,31)32)24-11-7-13-26(15-24)40-29(33,34)35/h3-15,18,36H,16-17,19H2,1-2H3. The van der Waals surface area contributed by atoms with Crippen LogP contribution in [0.4, 0.5) is 26.3 Å². The lowest BCUT2D eigenvalue weighted by Crippen LogP contribution is -2.41. The molecule has 5 nitrogen and oxygen atoms in total. The predicted molar refractivity (Wildman–Crippen MR) is 137 cm³/mol. The maximum atomic E-state index is 13.1. The van der Waals surface area contributed by atoms with Gasteiger partial charge in [-0.3, -0.25) is 4.68 Å². The number of halogens is 6. The van der Waals surface area contributed by atoms with Gasteiger partial charge >= 0.3 is 12.7 Å². The van der Waals surface area contributed by atoms with Crippen LogP contribution in [0.2, 0.25) is 0 Å². The van der Waals surface area contributed by atoms with Gasteiger partial charge in [-0.25, -0.2) is 0 Å². The molecule has 0 saturated carbocycles. The summed E-state index contributed by atoms with van der Waals surface area (Å²) < 4.78 is 88.8. The van der Waals surface area contributed by atoms with Crippen molar-refractivity contribution in [3.8, 4) is 11.5 Å². The molecule has 212 valence electrons. The minimum absolute atomic E-state index is 0.154. The highest BCUT2D eigenvalue weighted by atomic mass is 19.4. The molecule has 1 heterocycles. The van der Waals surface area contributed by atoms with Crippen molar-refractivity contribution in [2.24, 2.45) is 7.05 Å². The van der Waals surface area contributed by atoms with Crippen LogP contribution in [-0.4, -0.2) is 29.0 Å².